The van der Waals surface area contributed by atoms with Gasteiger partial charge in [-0.1, -0.05) is 0 Å². The summed E-state index contributed by atoms with van der Waals surface area (Å²) >= 11 is 11.5. The van der Waals surface area contributed by atoms with E-state index in [4.69, 9.17) is 27.9 Å². The molecule has 0 aromatic heterocycles. The van der Waals surface area contributed by atoms with Crippen molar-refractivity contribution in [3.8, 4) is 5.75 Å². The van der Waals surface area contributed by atoms with Crippen LogP contribution in [0.2, 0.25) is 0 Å². The van der Waals surface area contributed by atoms with Crippen molar-refractivity contribution in [3.63, 3.8) is 0 Å². The summed E-state index contributed by atoms with van der Waals surface area (Å²) < 4.78 is 7.81. The fraction of sp³-hybridized carbons (Fsp3) is 0. The third kappa shape index (κ3) is 1.81. The van der Waals surface area contributed by atoms with Crippen LogP contribution in [0.5, 0.6) is 5.75 Å². The van der Waals surface area contributed by atoms with E-state index in [9.17, 15) is 0 Å². The van der Waals surface area contributed by atoms with Gasteiger partial charge in [0.25, 0.3) is 0 Å². The van der Waals surface area contributed by atoms with Crippen molar-refractivity contribution in [3.05, 3.63) is 53.4 Å². The van der Waals surface area contributed by atoms with Gasteiger partial charge in [0.15, 0.2) is 0 Å². The standard InChI is InChI=1S/C12H6Cl2OTe/c13-8-6-10-11(16-12(8)14)5-7-3-1-2-4-9(7)15-10/h1-6H. The molecule has 3 rings (SSSR count). The number of rotatable bonds is 0. The second-order valence-corrected chi connectivity index (χ2v) is 7.87. The Kier molecular flexibility index (Phi) is 2.77. The number of benzene rings is 1. The van der Waals surface area contributed by atoms with Crippen molar-refractivity contribution in [1.29, 1.82) is 0 Å². The maximum absolute atomic E-state index is 6.08. The van der Waals surface area contributed by atoms with Crippen LogP contribution >= 0.6 is 23.2 Å². The van der Waals surface area contributed by atoms with Crippen LogP contribution in [-0.2, 0) is 0 Å². The summed E-state index contributed by atoms with van der Waals surface area (Å²) in [4.78, 5) is 0. The quantitative estimate of drug-likeness (QED) is 0.638. The summed E-state index contributed by atoms with van der Waals surface area (Å²) in [6.45, 7) is 0. The Labute approximate surface area is 113 Å². The molecule has 0 amide bonds. The van der Waals surface area contributed by atoms with Gasteiger partial charge in [-0.3, -0.25) is 0 Å². The molecule has 2 aliphatic heterocycles. The Morgan fingerprint density at radius 1 is 1.06 bits per heavy atom. The van der Waals surface area contributed by atoms with E-state index >= 15 is 0 Å². The Morgan fingerprint density at radius 3 is 2.75 bits per heavy atom. The summed E-state index contributed by atoms with van der Waals surface area (Å²) in [7, 11) is 0. The number of hydrogen-bond acceptors (Lipinski definition) is 1. The monoisotopic (exact) mass is 366 g/mol. The van der Waals surface area contributed by atoms with E-state index in [0.29, 0.717) is 5.03 Å². The van der Waals surface area contributed by atoms with E-state index in [2.05, 4.69) is 6.08 Å². The molecule has 0 N–H and O–H groups in total. The van der Waals surface area contributed by atoms with Crippen LogP contribution in [-0.4, -0.2) is 20.9 Å². The topological polar surface area (TPSA) is 9.23 Å². The zero-order valence-electron chi connectivity index (χ0n) is 8.04. The van der Waals surface area contributed by atoms with Crippen LogP contribution < -0.4 is 4.74 Å². The van der Waals surface area contributed by atoms with Gasteiger partial charge < -0.3 is 0 Å². The van der Waals surface area contributed by atoms with Crippen LogP contribution in [0, 0.1) is 0 Å². The van der Waals surface area contributed by atoms with Crippen LogP contribution in [0.3, 0.4) is 0 Å². The van der Waals surface area contributed by atoms with Crippen molar-refractivity contribution in [1.82, 2.24) is 0 Å². The van der Waals surface area contributed by atoms with E-state index < -0.39 is 20.9 Å². The second-order valence-electron chi connectivity index (χ2n) is 3.38. The van der Waals surface area contributed by atoms with Gasteiger partial charge in [-0.15, -0.1) is 0 Å². The first-order valence-electron chi connectivity index (χ1n) is 4.68. The molecule has 4 heteroatoms. The number of fused-ring (bicyclic) bond motifs is 2. The molecule has 0 radical (unpaired) electrons. The Bertz CT molecular complexity index is 558. The predicted molar refractivity (Wildman–Crippen MR) is 67.6 cm³/mol. The van der Waals surface area contributed by atoms with Gasteiger partial charge in [0.2, 0.25) is 0 Å². The molecule has 16 heavy (non-hydrogen) atoms. The van der Waals surface area contributed by atoms with E-state index in [-0.39, 0.29) is 0 Å². The van der Waals surface area contributed by atoms with E-state index in [0.717, 1.165) is 20.2 Å². The summed E-state index contributed by atoms with van der Waals surface area (Å²) in [5.74, 6) is 1.74. The van der Waals surface area contributed by atoms with Gasteiger partial charge in [-0.2, -0.15) is 0 Å². The first-order valence-corrected chi connectivity index (χ1v) is 7.76. The Balaban J connectivity index is 2.11. The molecule has 0 aliphatic carbocycles. The molecule has 2 aliphatic rings. The number of ether oxygens (including phenoxy) is 1. The maximum atomic E-state index is 6.08. The molecule has 1 aromatic carbocycles. The first-order chi connectivity index (χ1) is 7.74. The summed E-state index contributed by atoms with van der Waals surface area (Å²) in [6, 6.07) is 7.96. The van der Waals surface area contributed by atoms with Crippen LogP contribution in [0.4, 0.5) is 0 Å². The van der Waals surface area contributed by atoms with E-state index in [1.165, 1.54) is 3.62 Å². The van der Waals surface area contributed by atoms with Crippen molar-refractivity contribution >= 4 is 50.2 Å². The second kappa shape index (κ2) is 4.13. The van der Waals surface area contributed by atoms with Crippen molar-refractivity contribution in [2.24, 2.45) is 0 Å². The zero-order chi connectivity index (χ0) is 11.1. The minimum atomic E-state index is -0.583. The molecule has 1 aromatic rings. The molecule has 0 atom stereocenters. The summed E-state index contributed by atoms with van der Waals surface area (Å²) in [6.07, 6.45) is 3.96. The van der Waals surface area contributed by atoms with E-state index in [1.54, 1.807) is 6.08 Å². The normalized spacial score (nSPS) is 18.1. The fourth-order valence-corrected chi connectivity index (χ4v) is 4.64. The van der Waals surface area contributed by atoms with Gasteiger partial charge in [-0.05, 0) is 0 Å². The molecule has 0 bridgehead atoms. The van der Waals surface area contributed by atoms with Crippen LogP contribution in [0.25, 0.3) is 6.08 Å². The molecule has 1 nitrogen and oxygen atoms in total. The molecular formula is C12H6Cl2OTe. The Morgan fingerprint density at radius 2 is 1.88 bits per heavy atom. The molecule has 0 saturated heterocycles. The number of para-hydroxylation sites is 1. The molecule has 0 unspecified atom stereocenters. The van der Waals surface area contributed by atoms with Gasteiger partial charge in [-0.25, -0.2) is 0 Å². The Hall–Kier alpha value is -0.390. The molecular weight excluding hydrogens is 359 g/mol. The van der Waals surface area contributed by atoms with Crippen LogP contribution in [0.1, 0.15) is 5.56 Å². The molecule has 2 heterocycles. The SMILES string of the molecule is ClC1=C(Cl)[Te]C2=Cc3ccccc3OC2=C1. The van der Waals surface area contributed by atoms with Crippen molar-refractivity contribution in [2.45, 2.75) is 0 Å². The molecule has 0 spiro atoms. The van der Waals surface area contributed by atoms with E-state index in [1.807, 2.05) is 24.3 Å². The minimum absolute atomic E-state index is 0.583. The molecule has 0 fully saturated rings. The van der Waals surface area contributed by atoms with Gasteiger partial charge in [0.05, 0.1) is 0 Å². The summed E-state index contributed by atoms with van der Waals surface area (Å²) in [5, 5.41) is 0.621. The third-order valence-corrected chi connectivity index (χ3v) is 6.46. The van der Waals surface area contributed by atoms with Gasteiger partial charge >= 0.3 is 114 Å². The third-order valence-electron chi connectivity index (χ3n) is 2.31. The number of allylic oxidation sites excluding steroid dienone is 3. The van der Waals surface area contributed by atoms with Gasteiger partial charge in [0.1, 0.15) is 0 Å². The molecule has 0 saturated carbocycles. The summed E-state index contributed by atoms with van der Waals surface area (Å²) in [5.41, 5.74) is 1.11. The number of halogens is 2. The molecule has 80 valence electrons. The van der Waals surface area contributed by atoms with Crippen molar-refractivity contribution < 1.29 is 4.74 Å². The fourth-order valence-electron chi connectivity index (χ4n) is 1.57. The number of hydrogen-bond donors (Lipinski definition) is 0. The van der Waals surface area contributed by atoms with Crippen molar-refractivity contribution in [2.75, 3.05) is 0 Å². The average Bonchev–Trinajstić information content (AvgIpc) is 2.28. The average molecular weight is 365 g/mol. The first kappa shape index (κ1) is 10.7. The zero-order valence-corrected chi connectivity index (χ0v) is 11.9. The van der Waals surface area contributed by atoms with Gasteiger partial charge in [0, 0.05) is 0 Å². The predicted octanol–water partition coefficient (Wildman–Crippen LogP) is 3.67. The van der Waals surface area contributed by atoms with Crippen LogP contribution in [0.15, 0.2) is 47.8 Å².